The number of nitriles is 1. The predicted molar refractivity (Wildman–Crippen MR) is 121 cm³/mol. The highest BCUT2D eigenvalue weighted by molar-refractivity contribution is 5.94. The third-order valence-electron chi connectivity index (χ3n) is 6.08. The van der Waals surface area contributed by atoms with E-state index in [9.17, 15) is 5.26 Å². The number of fused-ring (bicyclic) bond motifs is 1. The Morgan fingerprint density at radius 3 is 2.50 bits per heavy atom. The van der Waals surface area contributed by atoms with Gasteiger partial charge in [-0.05, 0) is 68.1 Å². The SMILES string of the molecule is Cc1ccc(-c2nc3cc[nH]c3c(C[C@H]3CCNC3)c2-c2ccc(C#N)cc2)cc1. The molecule has 1 fully saturated rings. The summed E-state index contributed by atoms with van der Waals surface area (Å²) in [6.45, 7) is 4.24. The van der Waals surface area contributed by atoms with Crippen LogP contribution in [0.5, 0.6) is 0 Å². The first kappa shape index (κ1) is 18.6. The summed E-state index contributed by atoms with van der Waals surface area (Å²) in [6, 6.07) is 20.8. The fraction of sp³-hybridized carbons (Fsp3) is 0.231. The molecule has 1 aliphatic rings. The van der Waals surface area contributed by atoms with Crippen LogP contribution in [-0.2, 0) is 6.42 Å². The molecule has 0 spiro atoms. The van der Waals surface area contributed by atoms with E-state index in [-0.39, 0.29) is 0 Å². The largest absolute Gasteiger partial charge is 0.360 e. The van der Waals surface area contributed by atoms with E-state index in [0.717, 1.165) is 47.4 Å². The van der Waals surface area contributed by atoms with Crippen LogP contribution >= 0.6 is 0 Å². The number of aromatic nitrogens is 2. The molecule has 0 unspecified atom stereocenters. The highest BCUT2D eigenvalue weighted by atomic mass is 14.9. The van der Waals surface area contributed by atoms with Crippen molar-refractivity contribution in [2.45, 2.75) is 19.8 Å². The van der Waals surface area contributed by atoms with Gasteiger partial charge < -0.3 is 10.3 Å². The van der Waals surface area contributed by atoms with Crippen LogP contribution in [0.4, 0.5) is 0 Å². The molecule has 2 aromatic heterocycles. The minimum Gasteiger partial charge on any atom is -0.360 e. The van der Waals surface area contributed by atoms with E-state index in [4.69, 9.17) is 4.98 Å². The number of pyridine rings is 1. The summed E-state index contributed by atoms with van der Waals surface area (Å²) in [5.74, 6) is 0.613. The van der Waals surface area contributed by atoms with Gasteiger partial charge in [-0.15, -0.1) is 0 Å². The molecule has 1 saturated heterocycles. The summed E-state index contributed by atoms with van der Waals surface area (Å²) in [6.07, 6.45) is 4.17. The summed E-state index contributed by atoms with van der Waals surface area (Å²) in [5, 5.41) is 12.7. The second-order valence-corrected chi connectivity index (χ2v) is 8.17. The topological polar surface area (TPSA) is 64.5 Å². The molecule has 2 N–H and O–H groups in total. The Morgan fingerprint density at radius 1 is 1.03 bits per heavy atom. The quantitative estimate of drug-likeness (QED) is 0.500. The Kier molecular flexibility index (Phi) is 4.82. The number of nitrogens with zero attached hydrogens (tertiary/aromatic N) is 2. The van der Waals surface area contributed by atoms with E-state index in [1.807, 2.05) is 18.3 Å². The standard InChI is InChI=1S/C26H24N4/c1-17-2-6-21(7-3-17)25-24(20-8-4-18(15-27)5-9-20)22(14-19-10-12-28-16-19)26-23(30-25)11-13-29-26/h2-9,11,13,19,28-29H,10,12,14,16H2,1H3/t19-/m1/s1. The first-order chi connectivity index (χ1) is 14.7. The van der Waals surface area contributed by atoms with E-state index < -0.39 is 0 Å². The van der Waals surface area contributed by atoms with Crippen molar-refractivity contribution in [1.82, 2.24) is 15.3 Å². The van der Waals surface area contributed by atoms with Gasteiger partial charge in [0.2, 0.25) is 0 Å². The summed E-state index contributed by atoms with van der Waals surface area (Å²) in [4.78, 5) is 8.52. The molecule has 2 aromatic carbocycles. The van der Waals surface area contributed by atoms with Gasteiger partial charge in [-0.25, -0.2) is 4.98 Å². The second kappa shape index (κ2) is 7.78. The van der Waals surface area contributed by atoms with Crippen molar-refractivity contribution in [1.29, 1.82) is 5.26 Å². The number of benzene rings is 2. The molecule has 0 amide bonds. The van der Waals surface area contributed by atoms with Crippen LogP contribution in [0, 0.1) is 24.2 Å². The van der Waals surface area contributed by atoms with Crippen molar-refractivity contribution in [3.63, 3.8) is 0 Å². The van der Waals surface area contributed by atoms with Crippen LogP contribution < -0.4 is 5.32 Å². The summed E-state index contributed by atoms with van der Waals surface area (Å²) >= 11 is 0. The molecule has 5 rings (SSSR count). The molecule has 1 aliphatic heterocycles. The van der Waals surface area contributed by atoms with Gasteiger partial charge in [0.15, 0.2) is 0 Å². The van der Waals surface area contributed by atoms with Gasteiger partial charge in [-0.1, -0.05) is 42.0 Å². The van der Waals surface area contributed by atoms with E-state index in [2.05, 4.69) is 65.8 Å². The Bertz CT molecular complexity index is 1220. The average molecular weight is 393 g/mol. The summed E-state index contributed by atoms with van der Waals surface area (Å²) < 4.78 is 0. The van der Waals surface area contributed by atoms with Gasteiger partial charge in [0.25, 0.3) is 0 Å². The van der Waals surface area contributed by atoms with Crippen molar-refractivity contribution >= 4 is 11.0 Å². The van der Waals surface area contributed by atoms with Crippen LogP contribution in [-0.4, -0.2) is 23.1 Å². The Morgan fingerprint density at radius 2 is 1.80 bits per heavy atom. The molecule has 4 heteroatoms. The number of H-pyrrole nitrogens is 1. The van der Waals surface area contributed by atoms with E-state index in [0.29, 0.717) is 11.5 Å². The summed E-state index contributed by atoms with van der Waals surface area (Å²) in [5.41, 5.74) is 9.76. The van der Waals surface area contributed by atoms with Crippen LogP contribution in [0.25, 0.3) is 33.4 Å². The Hall–Kier alpha value is -3.42. The van der Waals surface area contributed by atoms with Gasteiger partial charge in [0, 0.05) is 17.3 Å². The summed E-state index contributed by atoms with van der Waals surface area (Å²) in [7, 11) is 0. The molecular weight excluding hydrogens is 368 g/mol. The third-order valence-corrected chi connectivity index (χ3v) is 6.08. The van der Waals surface area contributed by atoms with Crippen LogP contribution in [0.1, 0.15) is 23.1 Å². The molecule has 4 aromatic rings. The van der Waals surface area contributed by atoms with Crippen molar-refractivity contribution in [2.24, 2.45) is 5.92 Å². The monoisotopic (exact) mass is 392 g/mol. The number of aromatic amines is 1. The fourth-order valence-electron chi connectivity index (χ4n) is 4.46. The predicted octanol–water partition coefficient (Wildman–Crippen LogP) is 5.23. The molecule has 3 heterocycles. The zero-order valence-electron chi connectivity index (χ0n) is 17.1. The maximum atomic E-state index is 9.24. The molecule has 4 nitrogen and oxygen atoms in total. The van der Waals surface area contributed by atoms with E-state index in [1.54, 1.807) is 0 Å². The Balaban J connectivity index is 1.78. The van der Waals surface area contributed by atoms with Crippen molar-refractivity contribution < 1.29 is 0 Å². The lowest BCUT2D eigenvalue weighted by atomic mass is 9.88. The van der Waals surface area contributed by atoms with Crippen LogP contribution in [0.3, 0.4) is 0 Å². The van der Waals surface area contributed by atoms with Crippen LogP contribution in [0.2, 0.25) is 0 Å². The Labute approximate surface area is 176 Å². The molecule has 0 aliphatic carbocycles. The molecule has 0 radical (unpaired) electrons. The van der Waals surface area contributed by atoms with Gasteiger partial charge in [0.05, 0.1) is 28.4 Å². The maximum absolute atomic E-state index is 9.24. The zero-order chi connectivity index (χ0) is 20.5. The second-order valence-electron chi connectivity index (χ2n) is 8.17. The molecular formula is C26H24N4. The van der Waals surface area contributed by atoms with Gasteiger partial charge in [-0.2, -0.15) is 5.26 Å². The first-order valence-electron chi connectivity index (χ1n) is 10.5. The van der Waals surface area contributed by atoms with Gasteiger partial charge >= 0.3 is 0 Å². The molecule has 0 saturated carbocycles. The molecule has 0 bridgehead atoms. The van der Waals surface area contributed by atoms with Gasteiger partial charge in [-0.3, -0.25) is 0 Å². The van der Waals surface area contributed by atoms with Crippen LogP contribution in [0.15, 0.2) is 60.8 Å². The normalized spacial score (nSPS) is 16.1. The average Bonchev–Trinajstić information content (AvgIpc) is 3.46. The number of nitrogens with one attached hydrogen (secondary N) is 2. The van der Waals surface area contributed by atoms with Crippen molar-refractivity contribution in [3.05, 3.63) is 77.5 Å². The lowest BCUT2D eigenvalue weighted by Crippen LogP contribution is -2.12. The molecule has 148 valence electrons. The molecule has 30 heavy (non-hydrogen) atoms. The smallest absolute Gasteiger partial charge is 0.0991 e. The molecule has 1 atom stereocenters. The third kappa shape index (κ3) is 3.38. The van der Waals surface area contributed by atoms with E-state index in [1.165, 1.54) is 23.1 Å². The highest BCUT2D eigenvalue weighted by Crippen LogP contribution is 2.39. The number of hydrogen-bond acceptors (Lipinski definition) is 3. The number of rotatable bonds is 4. The maximum Gasteiger partial charge on any atom is 0.0991 e. The van der Waals surface area contributed by atoms with E-state index >= 15 is 0 Å². The lowest BCUT2D eigenvalue weighted by Gasteiger charge is -2.19. The zero-order valence-corrected chi connectivity index (χ0v) is 17.1. The highest BCUT2D eigenvalue weighted by Gasteiger charge is 2.23. The van der Waals surface area contributed by atoms with Crippen molar-refractivity contribution in [3.8, 4) is 28.5 Å². The lowest BCUT2D eigenvalue weighted by molar-refractivity contribution is 0.582. The van der Waals surface area contributed by atoms with Gasteiger partial charge in [0.1, 0.15) is 0 Å². The van der Waals surface area contributed by atoms with Crippen molar-refractivity contribution in [2.75, 3.05) is 13.1 Å². The number of hydrogen-bond donors (Lipinski definition) is 2. The number of aryl methyl sites for hydroxylation is 1. The minimum atomic E-state index is 0.613. The fourth-order valence-corrected chi connectivity index (χ4v) is 4.46. The first-order valence-corrected chi connectivity index (χ1v) is 10.5. The minimum absolute atomic E-state index is 0.613.